The SMILES string of the molecule is Cc1cc(Cl)ncc1NCc1ccc(F)c(Cl)c1. The van der Waals surface area contributed by atoms with Crippen molar-refractivity contribution in [3.05, 3.63) is 57.6 Å². The van der Waals surface area contributed by atoms with Crippen LogP contribution in [0.15, 0.2) is 30.5 Å². The van der Waals surface area contributed by atoms with E-state index in [2.05, 4.69) is 10.3 Å². The summed E-state index contributed by atoms with van der Waals surface area (Å²) < 4.78 is 13.0. The van der Waals surface area contributed by atoms with Gasteiger partial charge in [0.15, 0.2) is 0 Å². The summed E-state index contributed by atoms with van der Waals surface area (Å²) in [5.74, 6) is -0.412. The van der Waals surface area contributed by atoms with E-state index in [0.717, 1.165) is 16.8 Å². The van der Waals surface area contributed by atoms with Crippen molar-refractivity contribution in [2.24, 2.45) is 0 Å². The van der Waals surface area contributed by atoms with E-state index in [1.807, 2.05) is 6.92 Å². The zero-order valence-corrected chi connectivity index (χ0v) is 11.2. The Kier molecular flexibility index (Phi) is 4.04. The molecule has 0 fully saturated rings. The summed E-state index contributed by atoms with van der Waals surface area (Å²) in [7, 11) is 0. The number of nitrogens with one attached hydrogen (secondary N) is 1. The highest BCUT2D eigenvalue weighted by atomic mass is 35.5. The summed E-state index contributed by atoms with van der Waals surface area (Å²) in [6.45, 7) is 2.48. The Balaban J connectivity index is 2.09. The normalized spacial score (nSPS) is 10.4. The molecule has 18 heavy (non-hydrogen) atoms. The van der Waals surface area contributed by atoms with E-state index in [-0.39, 0.29) is 5.02 Å². The number of hydrogen-bond donors (Lipinski definition) is 1. The molecule has 0 atom stereocenters. The maximum atomic E-state index is 13.0. The van der Waals surface area contributed by atoms with Crippen LogP contribution in [0.25, 0.3) is 0 Å². The van der Waals surface area contributed by atoms with Crippen LogP contribution in [-0.4, -0.2) is 4.98 Å². The molecule has 1 aromatic heterocycles. The van der Waals surface area contributed by atoms with Gasteiger partial charge in [0.1, 0.15) is 11.0 Å². The van der Waals surface area contributed by atoms with Gasteiger partial charge >= 0.3 is 0 Å². The zero-order valence-electron chi connectivity index (χ0n) is 9.67. The maximum absolute atomic E-state index is 13.0. The number of halogens is 3. The molecule has 0 amide bonds. The van der Waals surface area contributed by atoms with Crippen LogP contribution in [-0.2, 0) is 6.54 Å². The van der Waals surface area contributed by atoms with Crippen LogP contribution in [0, 0.1) is 12.7 Å². The van der Waals surface area contributed by atoms with Gasteiger partial charge in [0.05, 0.1) is 16.9 Å². The lowest BCUT2D eigenvalue weighted by Crippen LogP contribution is -2.02. The largest absolute Gasteiger partial charge is 0.380 e. The van der Waals surface area contributed by atoms with E-state index < -0.39 is 5.82 Å². The number of rotatable bonds is 3. The monoisotopic (exact) mass is 284 g/mol. The molecule has 0 radical (unpaired) electrons. The fraction of sp³-hybridized carbons (Fsp3) is 0.154. The van der Waals surface area contributed by atoms with Crippen LogP contribution in [0.3, 0.4) is 0 Å². The Labute approximate surface area is 115 Å². The van der Waals surface area contributed by atoms with E-state index in [0.29, 0.717) is 11.7 Å². The van der Waals surface area contributed by atoms with Crippen molar-refractivity contribution in [3.8, 4) is 0 Å². The zero-order chi connectivity index (χ0) is 13.1. The highest BCUT2D eigenvalue weighted by Gasteiger charge is 2.03. The molecule has 0 spiro atoms. The second-order valence-electron chi connectivity index (χ2n) is 3.92. The number of aromatic nitrogens is 1. The lowest BCUT2D eigenvalue weighted by Gasteiger charge is -2.09. The molecule has 5 heteroatoms. The average molecular weight is 285 g/mol. The second-order valence-corrected chi connectivity index (χ2v) is 4.72. The Morgan fingerprint density at radius 2 is 2.06 bits per heavy atom. The van der Waals surface area contributed by atoms with Crippen molar-refractivity contribution in [3.63, 3.8) is 0 Å². The van der Waals surface area contributed by atoms with Crippen molar-refractivity contribution in [2.75, 3.05) is 5.32 Å². The number of anilines is 1. The highest BCUT2D eigenvalue weighted by Crippen LogP contribution is 2.19. The number of benzene rings is 1. The Morgan fingerprint density at radius 3 is 2.72 bits per heavy atom. The average Bonchev–Trinajstić information content (AvgIpc) is 2.32. The molecule has 1 N–H and O–H groups in total. The van der Waals surface area contributed by atoms with Crippen molar-refractivity contribution in [2.45, 2.75) is 13.5 Å². The summed E-state index contributed by atoms with van der Waals surface area (Å²) in [5, 5.41) is 3.79. The van der Waals surface area contributed by atoms with Crippen LogP contribution in [0.2, 0.25) is 10.2 Å². The van der Waals surface area contributed by atoms with Crippen molar-refractivity contribution in [1.82, 2.24) is 4.98 Å². The summed E-state index contributed by atoms with van der Waals surface area (Å²) >= 11 is 11.5. The van der Waals surface area contributed by atoms with Crippen LogP contribution in [0.1, 0.15) is 11.1 Å². The van der Waals surface area contributed by atoms with Gasteiger partial charge in [-0.05, 0) is 36.2 Å². The predicted octanol–water partition coefficient (Wildman–Crippen LogP) is 4.45. The summed E-state index contributed by atoms with van der Waals surface area (Å²) in [6, 6.07) is 6.42. The molecule has 0 aliphatic heterocycles. The van der Waals surface area contributed by atoms with Crippen molar-refractivity contribution in [1.29, 1.82) is 0 Å². The molecule has 0 saturated carbocycles. The van der Waals surface area contributed by atoms with Gasteiger partial charge in [0.25, 0.3) is 0 Å². The quantitative estimate of drug-likeness (QED) is 0.843. The first kappa shape index (κ1) is 13.1. The van der Waals surface area contributed by atoms with E-state index in [1.54, 1.807) is 24.4 Å². The molecule has 0 saturated heterocycles. The number of aryl methyl sites for hydroxylation is 1. The van der Waals surface area contributed by atoms with Crippen LogP contribution in [0.4, 0.5) is 10.1 Å². The Morgan fingerprint density at radius 1 is 1.28 bits per heavy atom. The smallest absolute Gasteiger partial charge is 0.141 e. The Hall–Kier alpha value is -1.32. The number of pyridine rings is 1. The van der Waals surface area contributed by atoms with E-state index in [4.69, 9.17) is 23.2 Å². The standard InChI is InChI=1S/C13H11Cl2FN2/c1-8-4-13(15)18-7-12(8)17-6-9-2-3-11(16)10(14)5-9/h2-5,7,17H,6H2,1H3. The summed E-state index contributed by atoms with van der Waals surface area (Å²) in [5.41, 5.74) is 2.79. The third-order valence-corrected chi connectivity index (χ3v) is 3.04. The van der Waals surface area contributed by atoms with Crippen LogP contribution >= 0.6 is 23.2 Å². The molecule has 2 aromatic rings. The second kappa shape index (κ2) is 5.55. The first-order valence-corrected chi connectivity index (χ1v) is 6.12. The molecule has 1 heterocycles. The van der Waals surface area contributed by atoms with Gasteiger partial charge in [-0.1, -0.05) is 29.3 Å². The van der Waals surface area contributed by atoms with Gasteiger partial charge in [-0.3, -0.25) is 0 Å². The van der Waals surface area contributed by atoms with Gasteiger partial charge in [0.2, 0.25) is 0 Å². The summed E-state index contributed by atoms with van der Waals surface area (Å²) in [6.07, 6.45) is 1.67. The van der Waals surface area contributed by atoms with Gasteiger partial charge < -0.3 is 5.32 Å². The molecule has 1 aromatic carbocycles. The summed E-state index contributed by atoms with van der Waals surface area (Å²) in [4.78, 5) is 4.00. The van der Waals surface area contributed by atoms with Gasteiger partial charge in [-0.2, -0.15) is 0 Å². The topological polar surface area (TPSA) is 24.9 Å². The molecular formula is C13H11Cl2FN2. The van der Waals surface area contributed by atoms with E-state index in [1.165, 1.54) is 6.07 Å². The van der Waals surface area contributed by atoms with Crippen LogP contribution < -0.4 is 5.32 Å². The third-order valence-electron chi connectivity index (χ3n) is 2.54. The minimum atomic E-state index is -0.412. The molecule has 0 unspecified atom stereocenters. The van der Waals surface area contributed by atoms with E-state index in [9.17, 15) is 4.39 Å². The molecule has 0 bridgehead atoms. The number of nitrogens with zero attached hydrogens (tertiary/aromatic N) is 1. The molecule has 0 aliphatic rings. The van der Waals surface area contributed by atoms with Crippen molar-refractivity contribution < 1.29 is 4.39 Å². The molecule has 2 nitrogen and oxygen atoms in total. The third kappa shape index (κ3) is 3.12. The lowest BCUT2D eigenvalue weighted by atomic mass is 10.2. The highest BCUT2D eigenvalue weighted by molar-refractivity contribution is 6.30. The minimum absolute atomic E-state index is 0.125. The van der Waals surface area contributed by atoms with Crippen LogP contribution in [0.5, 0.6) is 0 Å². The van der Waals surface area contributed by atoms with Gasteiger partial charge in [-0.15, -0.1) is 0 Å². The fourth-order valence-electron chi connectivity index (χ4n) is 1.55. The minimum Gasteiger partial charge on any atom is -0.380 e. The maximum Gasteiger partial charge on any atom is 0.141 e. The van der Waals surface area contributed by atoms with E-state index >= 15 is 0 Å². The lowest BCUT2D eigenvalue weighted by molar-refractivity contribution is 0.627. The Bertz CT molecular complexity index is 573. The molecule has 94 valence electrons. The molecule has 0 aliphatic carbocycles. The first-order chi connectivity index (χ1) is 8.56. The fourth-order valence-corrected chi connectivity index (χ4v) is 1.97. The first-order valence-electron chi connectivity index (χ1n) is 5.36. The van der Waals surface area contributed by atoms with Gasteiger partial charge in [0, 0.05) is 6.54 Å². The molecular weight excluding hydrogens is 274 g/mol. The molecule has 2 rings (SSSR count). The van der Waals surface area contributed by atoms with Crippen molar-refractivity contribution >= 4 is 28.9 Å². The van der Waals surface area contributed by atoms with Gasteiger partial charge in [-0.25, -0.2) is 9.37 Å². The predicted molar refractivity (Wildman–Crippen MR) is 72.7 cm³/mol. The number of hydrogen-bond acceptors (Lipinski definition) is 2.